The highest BCUT2D eigenvalue weighted by Crippen LogP contribution is 2.27. The fourth-order valence-electron chi connectivity index (χ4n) is 3.73. The number of methoxy groups -OCH3 is 1. The van der Waals surface area contributed by atoms with Gasteiger partial charge in [0.05, 0.1) is 19.3 Å². The average Bonchev–Trinajstić information content (AvgIpc) is 3.15. The summed E-state index contributed by atoms with van der Waals surface area (Å²) in [6.07, 6.45) is 1.03. The number of aromatic nitrogens is 1. The fraction of sp³-hybridized carbons (Fsp3) is 0.308. The van der Waals surface area contributed by atoms with Gasteiger partial charge in [0, 0.05) is 36.5 Å². The number of amides is 1. The van der Waals surface area contributed by atoms with Crippen LogP contribution < -0.4 is 10.1 Å². The van der Waals surface area contributed by atoms with Gasteiger partial charge in [-0.2, -0.15) is 0 Å². The molecule has 3 aromatic rings. The first-order valence-electron chi connectivity index (χ1n) is 10.9. The molecule has 3 rings (SSSR count). The number of para-hydroxylation sites is 1. The van der Waals surface area contributed by atoms with Crippen molar-refractivity contribution in [2.24, 2.45) is 0 Å². The molecule has 0 unspecified atom stereocenters. The number of carbonyl (C=O) groups excluding carboxylic acids is 2. The molecule has 0 aliphatic carbocycles. The van der Waals surface area contributed by atoms with Crippen LogP contribution >= 0.6 is 0 Å². The number of benzene rings is 2. The van der Waals surface area contributed by atoms with Gasteiger partial charge in [0.2, 0.25) is 5.91 Å². The Morgan fingerprint density at radius 2 is 1.75 bits per heavy atom. The van der Waals surface area contributed by atoms with Gasteiger partial charge >= 0.3 is 5.97 Å². The molecule has 0 radical (unpaired) electrons. The van der Waals surface area contributed by atoms with Crippen LogP contribution in [0.2, 0.25) is 0 Å². The van der Waals surface area contributed by atoms with Crippen LogP contribution in [-0.2, 0) is 22.6 Å². The molecule has 0 bridgehead atoms. The summed E-state index contributed by atoms with van der Waals surface area (Å²) >= 11 is 0. The van der Waals surface area contributed by atoms with Crippen molar-refractivity contribution in [2.45, 2.75) is 39.8 Å². The van der Waals surface area contributed by atoms with E-state index in [1.807, 2.05) is 67.6 Å². The number of carbonyl (C=O) groups is 2. The number of nitrogens with zero attached hydrogens (tertiary/aromatic N) is 1. The van der Waals surface area contributed by atoms with E-state index in [4.69, 9.17) is 9.47 Å². The Morgan fingerprint density at radius 1 is 1.03 bits per heavy atom. The number of esters is 1. The first-order chi connectivity index (χ1) is 15.5. The molecule has 0 spiro atoms. The zero-order valence-corrected chi connectivity index (χ0v) is 18.9. The lowest BCUT2D eigenvalue weighted by Crippen LogP contribution is -2.23. The van der Waals surface area contributed by atoms with E-state index in [1.165, 1.54) is 0 Å². The second-order valence-corrected chi connectivity index (χ2v) is 7.46. The Bertz CT molecular complexity index is 1060. The van der Waals surface area contributed by atoms with Crippen molar-refractivity contribution in [2.75, 3.05) is 13.7 Å². The minimum Gasteiger partial charge on any atom is -0.496 e. The monoisotopic (exact) mass is 434 g/mol. The van der Waals surface area contributed by atoms with E-state index in [9.17, 15) is 9.59 Å². The molecular formula is C26H30N2O4. The fourth-order valence-corrected chi connectivity index (χ4v) is 3.73. The molecule has 0 atom stereocenters. The molecule has 2 aromatic carbocycles. The summed E-state index contributed by atoms with van der Waals surface area (Å²) < 4.78 is 12.6. The maximum Gasteiger partial charge on any atom is 0.339 e. The zero-order chi connectivity index (χ0) is 22.9. The SMILES string of the molecule is CCOC(=O)c1cc(-c2ccccc2)n(CCCC(=O)NCc2ccccc2OC)c1C. The highest BCUT2D eigenvalue weighted by Gasteiger charge is 2.19. The molecule has 1 aromatic heterocycles. The molecule has 1 amide bonds. The molecule has 0 aliphatic heterocycles. The van der Waals surface area contributed by atoms with Crippen LogP contribution in [0.5, 0.6) is 5.75 Å². The summed E-state index contributed by atoms with van der Waals surface area (Å²) in [6, 6.07) is 19.4. The van der Waals surface area contributed by atoms with Crippen molar-refractivity contribution >= 4 is 11.9 Å². The van der Waals surface area contributed by atoms with E-state index in [0.29, 0.717) is 38.1 Å². The van der Waals surface area contributed by atoms with Gasteiger partial charge in [-0.1, -0.05) is 48.5 Å². The predicted molar refractivity (Wildman–Crippen MR) is 125 cm³/mol. The Kier molecular flexibility index (Phi) is 8.08. The molecule has 0 saturated carbocycles. The van der Waals surface area contributed by atoms with Gasteiger partial charge in [0.1, 0.15) is 5.75 Å². The molecule has 0 saturated heterocycles. The van der Waals surface area contributed by atoms with E-state index in [0.717, 1.165) is 28.3 Å². The summed E-state index contributed by atoms with van der Waals surface area (Å²) in [4.78, 5) is 24.8. The quantitative estimate of drug-likeness (QED) is 0.468. The molecular weight excluding hydrogens is 404 g/mol. The van der Waals surface area contributed by atoms with E-state index in [1.54, 1.807) is 14.0 Å². The van der Waals surface area contributed by atoms with Gasteiger partial charge in [0.15, 0.2) is 0 Å². The number of hydrogen-bond acceptors (Lipinski definition) is 4. The van der Waals surface area contributed by atoms with E-state index < -0.39 is 0 Å². The van der Waals surface area contributed by atoms with Crippen molar-refractivity contribution < 1.29 is 19.1 Å². The van der Waals surface area contributed by atoms with Crippen LogP contribution in [-0.4, -0.2) is 30.2 Å². The third-order valence-corrected chi connectivity index (χ3v) is 5.39. The van der Waals surface area contributed by atoms with Crippen LogP contribution in [0.25, 0.3) is 11.3 Å². The lowest BCUT2D eigenvalue weighted by molar-refractivity contribution is -0.121. The molecule has 6 nitrogen and oxygen atoms in total. The maximum atomic E-state index is 12.4. The lowest BCUT2D eigenvalue weighted by Gasteiger charge is -2.13. The van der Waals surface area contributed by atoms with Gasteiger partial charge in [-0.25, -0.2) is 4.79 Å². The van der Waals surface area contributed by atoms with Gasteiger partial charge in [-0.3, -0.25) is 4.79 Å². The molecule has 0 aliphatic rings. The Labute approximate surface area is 189 Å². The lowest BCUT2D eigenvalue weighted by atomic mass is 10.1. The number of hydrogen-bond donors (Lipinski definition) is 1. The molecule has 1 N–H and O–H groups in total. The highest BCUT2D eigenvalue weighted by molar-refractivity contribution is 5.92. The van der Waals surface area contributed by atoms with Crippen LogP contribution in [0.3, 0.4) is 0 Å². The molecule has 0 fully saturated rings. The number of nitrogens with one attached hydrogen (secondary N) is 1. The smallest absolute Gasteiger partial charge is 0.339 e. The van der Waals surface area contributed by atoms with Gasteiger partial charge in [-0.05, 0) is 38.0 Å². The van der Waals surface area contributed by atoms with Gasteiger partial charge in [0.25, 0.3) is 0 Å². The third kappa shape index (κ3) is 5.58. The van der Waals surface area contributed by atoms with Crippen LogP contribution in [0.4, 0.5) is 0 Å². The first-order valence-corrected chi connectivity index (χ1v) is 10.9. The van der Waals surface area contributed by atoms with Crippen LogP contribution in [0, 0.1) is 6.92 Å². The van der Waals surface area contributed by atoms with Gasteiger partial charge < -0.3 is 19.4 Å². The number of rotatable bonds is 10. The van der Waals surface area contributed by atoms with E-state index >= 15 is 0 Å². The Morgan fingerprint density at radius 3 is 2.47 bits per heavy atom. The predicted octanol–water partition coefficient (Wildman–Crippen LogP) is 4.75. The van der Waals surface area contributed by atoms with Crippen molar-refractivity contribution in [1.29, 1.82) is 0 Å². The summed E-state index contributed by atoms with van der Waals surface area (Å²) in [5.74, 6) is 0.415. The zero-order valence-electron chi connectivity index (χ0n) is 18.9. The van der Waals surface area contributed by atoms with Crippen molar-refractivity contribution in [3.8, 4) is 17.0 Å². The Hall–Kier alpha value is -3.54. The molecule has 168 valence electrons. The summed E-state index contributed by atoms with van der Waals surface area (Å²) in [6.45, 7) is 5.09. The second kappa shape index (κ2) is 11.2. The average molecular weight is 435 g/mol. The molecule has 32 heavy (non-hydrogen) atoms. The largest absolute Gasteiger partial charge is 0.496 e. The van der Waals surface area contributed by atoms with Crippen molar-refractivity contribution in [3.05, 3.63) is 77.5 Å². The third-order valence-electron chi connectivity index (χ3n) is 5.39. The minimum absolute atomic E-state index is 0.0207. The molecule has 6 heteroatoms. The van der Waals surface area contributed by atoms with Crippen molar-refractivity contribution in [1.82, 2.24) is 9.88 Å². The van der Waals surface area contributed by atoms with E-state index in [2.05, 4.69) is 9.88 Å². The van der Waals surface area contributed by atoms with Crippen LogP contribution in [0.1, 0.15) is 41.4 Å². The summed E-state index contributed by atoms with van der Waals surface area (Å²) in [5.41, 5.74) is 4.31. The highest BCUT2D eigenvalue weighted by atomic mass is 16.5. The van der Waals surface area contributed by atoms with Crippen LogP contribution in [0.15, 0.2) is 60.7 Å². The minimum atomic E-state index is -0.324. The number of ether oxygens (including phenoxy) is 2. The van der Waals surface area contributed by atoms with Crippen molar-refractivity contribution in [3.63, 3.8) is 0 Å². The van der Waals surface area contributed by atoms with Gasteiger partial charge in [-0.15, -0.1) is 0 Å². The summed E-state index contributed by atoms with van der Waals surface area (Å²) in [5, 5.41) is 2.96. The molecule has 1 heterocycles. The normalized spacial score (nSPS) is 10.6. The topological polar surface area (TPSA) is 69.6 Å². The second-order valence-electron chi connectivity index (χ2n) is 7.46. The maximum absolute atomic E-state index is 12.4. The standard InChI is InChI=1S/C26H30N2O4/c1-4-32-26(30)22-17-23(20-11-6-5-7-12-20)28(19(22)2)16-10-15-25(29)27-18-21-13-8-9-14-24(21)31-3/h5-9,11-14,17H,4,10,15-16,18H2,1-3H3,(H,27,29). The Balaban J connectivity index is 1.67. The first kappa shape index (κ1) is 23.1. The van der Waals surface area contributed by atoms with E-state index in [-0.39, 0.29) is 11.9 Å². The summed E-state index contributed by atoms with van der Waals surface area (Å²) in [7, 11) is 1.62.